The van der Waals surface area contributed by atoms with E-state index in [9.17, 15) is 4.79 Å². The van der Waals surface area contributed by atoms with Crippen molar-refractivity contribution in [2.75, 3.05) is 26.8 Å². The van der Waals surface area contributed by atoms with E-state index in [0.29, 0.717) is 19.7 Å². The summed E-state index contributed by atoms with van der Waals surface area (Å²) in [5, 5.41) is 0. The first-order valence-corrected chi connectivity index (χ1v) is 6.30. The van der Waals surface area contributed by atoms with E-state index in [0.717, 1.165) is 17.9 Å². The molecule has 4 heteroatoms. The van der Waals surface area contributed by atoms with E-state index >= 15 is 0 Å². The second-order valence-corrected chi connectivity index (χ2v) is 4.13. The lowest BCUT2D eigenvalue weighted by Crippen LogP contribution is -2.30. The molecule has 0 saturated carbocycles. The first kappa shape index (κ1) is 15.1. The van der Waals surface area contributed by atoms with Crippen LogP contribution in [0.3, 0.4) is 0 Å². The van der Waals surface area contributed by atoms with Crippen molar-refractivity contribution in [1.82, 2.24) is 4.90 Å². The SMILES string of the molecule is C=CCN(CCCOc1ccc(OC)cc1)C(C)=O. The summed E-state index contributed by atoms with van der Waals surface area (Å²) in [7, 11) is 1.63. The second-order valence-electron chi connectivity index (χ2n) is 4.13. The Morgan fingerprint density at radius 3 is 2.47 bits per heavy atom. The monoisotopic (exact) mass is 263 g/mol. The van der Waals surface area contributed by atoms with Crippen LogP contribution in [-0.2, 0) is 4.79 Å². The molecule has 4 nitrogen and oxygen atoms in total. The van der Waals surface area contributed by atoms with E-state index in [1.165, 1.54) is 0 Å². The third kappa shape index (κ3) is 5.46. The minimum atomic E-state index is 0.0596. The smallest absolute Gasteiger partial charge is 0.219 e. The molecule has 0 saturated heterocycles. The molecular formula is C15H21NO3. The molecule has 104 valence electrons. The number of carbonyl (C=O) groups excluding carboxylic acids is 1. The van der Waals surface area contributed by atoms with Gasteiger partial charge in [0.25, 0.3) is 0 Å². The van der Waals surface area contributed by atoms with Crippen LogP contribution < -0.4 is 9.47 Å². The molecule has 0 aliphatic heterocycles. The van der Waals surface area contributed by atoms with Gasteiger partial charge in [0.1, 0.15) is 11.5 Å². The molecule has 0 N–H and O–H groups in total. The molecular weight excluding hydrogens is 242 g/mol. The van der Waals surface area contributed by atoms with Crippen molar-refractivity contribution in [3.05, 3.63) is 36.9 Å². The quantitative estimate of drug-likeness (QED) is 0.534. The summed E-state index contributed by atoms with van der Waals surface area (Å²) < 4.78 is 10.7. The van der Waals surface area contributed by atoms with Crippen LogP contribution in [0.4, 0.5) is 0 Å². The van der Waals surface area contributed by atoms with Crippen LogP contribution >= 0.6 is 0 Å². The average molecular weight is 263 g/mol. The molecule has 1 amide bonds. The van der Waals surface area contributed by atoms with E-state index in [1.54, 1.807) is 25.0 Å². The van der Waals surface area contributed by atoms with E-state index in [2.05, 4.69) is 6.58 Å². The number of carbonyl (C=O) groups is 1. The van der Waals surface area contributed by atoms with Crippen molar-refractivity contribution in [3.63, 3.8) is 0 Å². The van der Waals surface area contributed by atoms with Crippen LogP contribution in [0.25, 0.3) is 0 Å². The highest BCUT2D eigenvalue weighted by Gasteiger charge is 2.05. The minimum Gasteiger partial charge on any atom is -0.497 e. The molecule has 1 aromatic carbocycles. The van der Waals surface area contributed by atoms with Crippen molar-refractivity contribution >= 4 is 5.91 Å². The average Bonchev–Trinajstić information content (AvgIpc) is 2.42. The first-order valence-electron chi connectivity index (χ1n) is 6.30. The van der Waals surface area contributed by atoms with Crippen LogP contribution in [-0.4, -0.2) is 37.6 Å². The highest BCUT2D eigenvalue weighted by atomic mass is 16.5. The number of ether oxygens (including phenoxy) is 2. The molecule has 0 spiro atoms. The Hall–Kier alpha value is -1.97. The Kier molecular flexibility index (Phi) is 6.50. The zero-order valence-corrected chi connectivity index (χ0v) is 11.6. The largest absolute Gasteiger partial charge is 0.497 e. The van der Waals surface area contributed by atoms with Gasteiger partial charge in [-0.25, -0.2) is 0 Å². The van der Waals surface area contributed by atoms with E-state index in [1.807, 2.05) is 24.3 Å². The third-order valence-corrected chi connectivity index (χ3v) is 2.70. The maximum Gasteiger partial charge on any atom is 0.219 e. The van der Waals surface area contributed by atoms with Gasteiger partial charge in [0, 0.05) is 20.0 Å². The molecule has 0 heterocycles. The van der Waals surface area contributed by atoms with Gasteiger partial charge in [-0.1, -0.05) is 6.08 Å². The standard InChI is InChI=1S/C15H21NO3/c1-4-10-16(13(2)17)11-5-12-19-15-8-6-14(18-3)7-9-15/h4,6-9H,1,5,10-12H2,2-3H3. The number of hydrogen-bond acceptors (Lipinski definition) is 3. The van der Waals surface area contributed by atoms with Crippen molar-refractivity contribution in [2.24, 2.45) is 0 Å². The lowest BCUT2D eigenvalue weighted by Gasteiger charge is -2.19. The van der Waals surface area contributed by atoms with Crippen molar-refractivity contribution < 1.29 is 14.3 Å². The number of rotatable bonds is 8. The maximum atomic E-state index is 11.3. The number of nitrogens with zero attached hydrogens (tertiary/aromatic N) is 1. The van der Waals surface area contributed by atoms with Gasteiger partial charge in [-0.3, -0.25) is 4.79 Å². The highest BCUT2D eigenvalue weighted by molar-refractivity contribution is 5.73. The van der Waals surface area contributed by atoms with Crippen molar-refractivity contribution in [2.45, 2.75) is 13.3 Å². The molecule has 0 bridgehead atoms. The molecule has 0 aromatic heterocycles. The fourth-order valence-corrected chi connectivity index (χ4v) is 1.65. The predicted octanol–water partition coefficient (Wildman–Crippen LogP) is 2.50. The van der Waals surface area contributed by atoms with Gasteiger partial charge in [0.2, 0.25) is 5.91 Å². The third-order valence-electron chi connectivity index (χ3n) is 2.70. The van der Waals surface area contributed by atoms with Gasteiger partial charge in [-0.2, -0.15) is 0 Å². The van der Waals surface area contributed by atoms with Gasteiger partial charge in [-0.15, -0.1) is 6.58 Å². The Morgan fingerprint density at radius 1 is 1.32 bits per heavy atom. The zero-order valence-electron chi connectivity index (χ0n) is 11.6. The highest BCUT2D eigenvalue weighted by Crippen LogP contribution is 2.17. The molecule has 0 radical (unpaired) electrons. The topological polar surface area (TPSA) is 38.8 Å². The van der Waals surface area contributed by atoms with Crippen molar-refractivity contribution in [1.29, 1.82) is 0 Å². The summed E-state index contributed by atoms with van der Waals surface area (Å²) in [5.74, 6) is 1.67. The van der Waals surface area contributed by atoms with Crippen LogP contribution in [0.15, 0.2) is 36.9 Å². The summed E-state index contributed by atoms with van der Waals surface area (Å²) in [6.45, 7) is 7.04. The van der Waals surface area contributed by atoms with Crippen LogP contribution in [0.2, 0.25) is 0 Å². The van der Waals surface area contributed by atoms with Gasteiger partial charge >= 0.3 is 0 Å². The maximum absolute atomic E-state index is 11.3. The zero-order chi connectivity index (χ0) is 14.1. The molecule has 19 heavy (non-hydrogen) atoms. The van der Waals surface area contributed by atoms with Gasteiger partial charge < -0.3 is 14.4 Å². The summed E-state index contributed by atoms with van der Waals surface area (Å²) in [4.78, 5) is 13.0. The molecule has 1 rings (SSSR count). The second kappa shape index (κ2) is 8.19. The lowest BCUT2D eigenvalue weighted by molar-refractivity contribution is -0.128. The summed E-state index contributed by atoms with van der Waals surface area (Å²) in [6.07, 6.45) is 2.52. The van der Waals surface area contributed by atoms with Crippen LogP contribution in [0.1, 0.15) is 13.3 Å². The fourth-order valence-electron chi connectivity index (χ4n) is 1.65. The minimum absolute atomic E-state index is 0.0596. The van der Waals surface area contributed by atoms with Gasteiger partial charge in [0.05, 0.1) is 13.7 Å². The fraction of sp³-hybridized carbons (Fsp3) is 0.400. The molecule has 0 aliphatic carbocycles. The summed E-state index contributed by atoms with van der Waals surface area (Å²) in [5.41, 5.74) is 0. The normalized spacial score (nSPS) is 9.79. The Labute approximate surface area is 114 Å². The van der Waals surface area contributed by atoms with E-state index < -0.39 is 0 Å². The predicted molar refractivity (Wildman–Crippen MR) is 75.6 cm³/mol. The molecule has 1 aromatic rings. The van der Waals surface area contributed by atoms with Crippen LogP contribution in [0, 0.1) is 0 Å². The molecule has 0 atom stereocenters. The van der Waals surface area contributed by atoms with Gasteiger partial charge in [-0.05, 0) is 30.7 Å². The summed E-state index contributed by atoms with van der Waals surface area (Å²) in [6, 6.07) is 7.44. The van der Waals surface area contributed by atoms with Crippen LogP contribution in [0.5, 0.6) is 11.5 Å². The van der Waals surface area contributed by atoms with E-state index in [4.69, 9.17) is 9.47 Å². The Morgan fingerprint density at radius 2 is 1.95 bits per heavy atom. The lowest BCUT2D eigenvalue weighted by atomic mass is 10.3. The molecule has 0 unspecified atom stereocenters. The van der Waals surface area contributed by atoms with Gasteiger partial charge in [0.15, 0.2) is 0 Å². The Balaban J connectivity index is 2.29. The Bertz CT molecular complexity index is 400. The van der Waals surface area contributed by atoms with Crippen molar-refractivity contribution in [3.8, 4) is 11.5 Å². The number of benzene rings is 1. The van der Waals surface area contributed by atoms with E-state index in [-0.39, 0.29) is 5.91 Å². The molecule has 0 fully saturated rings. The molecule has 0 aliphatic rings. The summed E-state index contributed by atoms with van der Waals surface area (Å²) >= 11 is 0. The number of amides is 1. The first-order chi connectivity index (χ1) is 9.17. The number of hydrogen-bond donors (Lipinski definition) is 0. The number of methoxy groups -OCH3 is 1.